The predicted molar refractivity (Wildman–Crippen MR) is 87.1 cm³/mol. The molecule has 0 aliphatic heterocycles. The molecule has 4 heteroatoms. The van der Waals surface area contributed by atoms with Gasteiger partial charge in [0.15, 0.2) is 5.96 Å². The molecule has 1 atom stereocenters. The summed E-state index contributed by atoms with van der Waals surface area (Å²) in [5.41, 5.74) is 1.29. The monoisotopic (exact) mass is 276 g/mol. The Kier molecular flexibility index (Phi) is 7.09. The third kappa shape index (κ3) is 5.61. The first-order valence-corrected chi connectivity index (χ1v) is 7.30. The van der Waals surface area contributed by atoms with E-state index >= 15 is 0 Å². The van der Waals surface area contributed by atoms with Gasteiger partial charge in [-0.2, -0.15) is 0 Å². The highest BCUT2D eigenvalue weighted by atomic mass is 15.2. The van der Waals surface area contributed by atoms with Crippen molar-refractivity contribution in [2.45, 2.75) is 32.9 Å². The summed E-state index contributed by atoms with van der Waals surface area (Å²) in [5.74, 6) is 0.880. The molecule has 0 aliphatic carbocycles. The number of hydrogen-bond acceptors (Lipinski definition) is 2. The first-order chi connectivity index (χ1) is 9.54. The average molecular weight is 276 g/mol. The number of aliphatic imine (C=N–C) groups is 1. The van der Waals surface area contributed by atoms with Gasteiger partial charge in [-0.25, -0.2) is 0 Å². The normalized spacial score (nSPS) is 13.7. The summed E-state index contributed by atoms with van der Waals surface area (Å²) in [7, 11) is 4.19. The van der Waals surface area contributed by atoms with E-state index in [-0.39, 0.29) is 0 Å². The zero-order valence-corrected chi connectivity index (χ0v) is 13.4. The van der Waals surface area contributed by atoms with Gasteiger partial charge in [-0.05, 0) is 40.4 Å². The maximum atomic E-state index is 4.70. The van der Waals surface area contributed by atoms with Crippen LogP contribution < -0.4 is 10.6 Å². The SMILES string of the molecule is CCNC(=NCC(c1ccccc1)N(C)C)NC(C)C. The van der Waals surface area contributed by atoms with E-state index in [2.05, 4.69) is 74.7 Å². The maximum absolute atomic E-state index is 4.70. The van der Waals surface area contributed by atoms with Gasteiger partial charge in [-0.3, -0.25) is 4.99 Å². The minimum atomic E-state index is 0.291. The number of nitrogens with zero attached hydrogens (tertiary/aromatic N) is 2. The molecule has 0 bridgehead atoms. The fourth-order valence-electron chi connectivity index (χ4n) is 2.01. The summed E-state index contributed by atoms with van der Waals surface area (Å²) in [6.07, 6.45) is 0. The van der Waals surface area contributed by atoms with Gasteiger partial charge in [0, 0.05) is 12.6 Å². The van der Waals surface area contributed by atoms with Crippen LogP contribution in [0.25, 0.3) is 0 Å². The highest BCUT2D eigenvalue weighted by Gasteiger charge is 2.13. The van der Waals surface area contributed by atoms with Gasteiger partial charge in [-0.1, -0.05) is 30.3 Å². The number of rotatable bonds is 6. The fraction of sp³-hybridized carbons (Fsp3) is 0.562. The second kappa shape index (κ2) is 8.59. The van der Waals surface area contributed by atoms with Gasteiger partial charge in [0.2, 0.25) is 0 Å². The number of hydrogen-bond donors (Lipinski definition) is 2. The predicted octanol–water partition coefficient (Wildman–Crippen LogP) is 2.25. The van der Waals surface area contributed by atoms with Crippen LogP contribution >= 0.6 is 0 Å². The maximum Gasteiger partial charge on any atom is 0.191 e. The Morgan fingerprint density at radius 1 is 1.20 bits per heavy atom. The summed E-state index contributed by atoms with van der Waals surface area (Å²) in [4.78, 5) is 6.91. The zero-order chi connectivity index (χ0) is 15.0. The first-order valence-electron chi connectivity index (χ1n) is 7.30. The highest BCUT2D eigenvalue weighted by molar-refractivity contribution is 5.80. The largest absolute Gasteiger partial charge is 0.357 e. The molecule has 20 heavy (non-hydrogen) atoms. The van der Waals surface area contributed by atoms with Crippen LogP contribution in [0.4, 0.5) is 0 Å². The minimum Gasteiger partial charge on any atom is -0.357 e. The Morgan fingerprint density at radius 2 is 1.85 bits per heavy atom. The number of benzene rings is 1. The van der Waals surface area contributed by atoms with Crippen molar-refractivity contribution in [3.05, 3.63) is 35.9 Å². The second-order valence-electron chi connectivity index (χ2n) is 5.41. The van der Waals surface area contributed by atoms with Crippen LogP contribution in [0, 0.1) is 0 Å². The molecule has 0 radical (unpaired) electrons. The number of guanidine groups is 1. The van der Waals surface area contributed by atoms with Crippen molar-refractivity contribution in [1.29, 1.82) is 0 Å². The molecule has 112 valence electrons. The lowest BCUT2D eigenvalue weighted by atomic mass is 10.1. The first kappa shape index (κ1) is 16.5. The highest BCUT2D eigenvalue weighted by Crippen LogP contribution is 2.17. The lowest BCUT2D eigenvalue weighted by Gasteiger charge is -2.24. The van der Waals surface area contributed by atoms with E-state index in [1.807, 2.05) is 6.07 Å². The molecule has 4 nitrogen and oxygen atoms in total. The molecule has 0 saturated heterocycles. The number of likely N-dealkylation sites (N-methyl/N-ethyl adjacent to an activating group) is 1. The summed E-state index contributed by atoms with van der Waals surface area (Å²) < 4.78 is 0. The third-order valence-corrected chi connectivity index (χ3v) is 3.00. The molecule has 0 aromatic heterocycles. The van der Waals surface area contributed by atoms with Crippen molar-refractivity contribution >= 4 is 5.96 Å². The van der Waals surface area contributed by atoms with E-state index in [9.17, 15) is 0 Å². The molecule has 0 aliphatic rings. The van der Waals surface area contributed by atoms with Gasteiger partial charge in [-0.15, -0.1) is 0 Å². The summed E-state index contributed by atoms with van der Waals surface area (Å²) >= 11 is 0. The molecule has 0 spiro atoms. The Labute approximate surface area is 123 Å². The van der Waals surface area contributed by atoms with Gasteiger partial charge >= 0.3 is 0 Å². The summed E-state index contributed by atoms with van der Waals surface area (Å²) in [5, 5.41) is 6.63. The van der Waals surface area contributed by atoms with Gasteiger partial charge in [0.05, 0.1) is 12.6 Å². The van der Waals surface area contributed by atoms with Crippen LogP contribution in [0.1, 0.15) is 32.4 Å². The van der Waals surface area contributed by atoms with Crippen molar-refractivity contribution in [2.75, 3.05) is 27.2 Å². The molecule has 0 saturated carbocycles. The molecule has 1 aromatic rings. The Balaban J connectivity index is 2.79. The fourth-order valence-corrected chi connectivity index (χ4v) is 2.01. The molecular weight excluding hydrogens is 248 g/mol. The van der Waals surface area contributed by atoms with Crippen LogP contribution in [-0.4, -0.2) is 44.1 Å². The van der Waals surface area contributed by atoms with E-state index in [1.54, 1.807) is 0 Å². The van der Waals surface area contributed by atoms with Crippen LogP contribution in [0.3, 0.4) is 0 Å². The van der Waals surface area contributed by atoms with Crippen molar-refractivity contribution in [3.8, 4) is 0 Å². The third-order valence-electron chi connectivity index (χ3n) is 3.00. The zero-order valence-electron chi connectivity index (χ0n) is 13.4. The van der Waals surface area contributed by atoms with Crippen LogP contribution in [0.15, 0.2) is 35.3 Å². The Morgan fingerprint density at radius 3 is 2.35 bits per heavy atom. The molecule has 0 fully saturated rings. The lowest BCUT2D eigenvalue weighted by Crippen LogP contribution is -2.41. The van der Waals surface area contributed by atoms with Gasteiger partial charge in [0.25, 0.3) is 0 Å². The van der Waals surface area contributed by atoms with Crippen LogP contribution in [0.5, 0.6) is 0 Å². The van der Waals surface area contributed by atoms with Gasteiger partial charge < -0.3 is 15.5 Å². The smallest absolute Gasteiger partial charge is 0.191 e. The van der Waals surface area contributed by atoms with E-state index in [0.29, 0.717) is 12.1 Å². The van der Waals surface area contributed by atoms with Gasteiger partial charge in [0.1, 0.15) is 0 Å². The molecule has 0 heterocycles. The Hall–Kier alpha value is -1.55. The van der Waals surface area contributed by atoms with Crippen molar-refractivity contribution < 1.29 is 0 Å². The van der Waals surface area contributed by atoms with E-state index in [1.165, 1.54) is 5.56 Å². The summed E-state index contributed by atoms with van der Waals surface area (Å²) in [6.45, 7) is 7.93. The average Bonchev–Trinajstić information content (AvgIpc) is 2.39. The van der Waals surface area contributed by atoms with E-state index in [4.69, 9.17) is 4.99 Å². The molecule has 1 rings (SSSR count). The van der Waals surface area contributed by atoms with Crippen LogP contribution in [0.2, 0.25) is 0 Å². The van der Waals surface area contributed by atoms with Crippen molar-refractivity contribution in [1.82, 2.24) is 15.5 Å². The Bertz CT molecular complexity index is 398. The van der Waals surface area contributed by atoms with E-state index in [0.717, 1.165) is 19.0 Å². The van der Waals surface area contributed by atoms with Crippen molar-refractivity contribution in [2.24, 2.45) is 4.99 Å². The molecule has 0 amide bonds. The molecule has 2 N–H and O–H groups in total. The molecule has 1 unspecified atom stereocenters. The standard InChI is InChI=1S/C16H28N4/c1-6-17-16(19-13(2)3)18-12-15(20(4)5)14-10-8-7-9-11-14/h7-11,13,15H,6,12H2,1-5H3,(H2,17,18,19). The molecular formula is C16H28N4. The minimum absolute atomic E-state index is 0.291. The molecule has 1 aromatic carbocycles. The second-order valence-corrected chi connectivity index (χ2v) is 5.41. The number of nitrogens with one attached hydrogen (secondary N) is 2. The topological polar surface area (TPSA) is 39.7 Å². The van der Waals surface area contributed by atoms with Crippen molar-refractivity contribution in [3.63, 3.8) is 0 Å². The van der Waals surface area contributed by atoms with Crippen LogP contribution in [-0.2, 0) is 0 Å². The lowest BCUT2D eigenvalue weighted by molar-refractivity contribution is 0.306. The summed E-state index contributed by atoms with van der Waals surface area (Å²) in [6, 6.07) is 11.2. The van der Waals surface area contributed by atoms with E-state index < -0.39 is 0 Å². The quantitative estimate of drug-likeness (QED) is 0.618.